The van der Waals surface area contributed by atoms with E-state index in [-0.39, 0.29) is 12.5 Å². The Kier molecular flexibility index (Phi) is 60.2. The molecule has 0 spiro atoms. The van der Waals surface area contributed by atoms with Crippen LogP contribution in [0, 0.1) is 0 Å². The van der Waals surface area contributed by atoms with E-state index in [1.165, 1.54) is 238 Å². The second-order valence-electron chi connectivity index (χ2n) is 21.5. The van der Waals surface area contributed by atoms with Crippen LogP contribution in [0.2, 0.25) is 0 Å². The van der Waals surface area contributed by atoms with Crippen molar-refractivity contribution >= 4 is 5.91 Å². The summed E-state index contributed by atoms with van der Waals surface area (Å²) >= 11 is 0. The van der Waals surface area contributed by atoms with Crippen molar-refractivity contribution in [1.29, 1.82) is 0 Å². The molecule has 0 rings (SSSR count). The monoisotopic (exact) mass is 990 g/mol. The van der Waals surface area contributed by atoms with Gasteiger partial charge in [-0.2, -0.15) is 0 Å². The number of rotatable bonds is 58. The average Bonchev–Trinajstić information content (AvgIpc) is 3.37. The highest BCUT2D eigenvalue weighted by Crippen LogP contribution is 2.18. The molecule has 0 aliphatic rings. The van der Waals surface area contributed by atoms with E-state index in [1.54, 1.807) is 0 Å². The predicted molar refractivity (Wildman–Crippen MR) is 317 cm³/mol. The number of aliphatic hydroxyl groups is 2. The van der Waals surface area contributed by atoms with Crippen molar-refractivity contribution in [2.45, 2.75) is 341 Å². The highest BCUT2D eigenvalue weighted by molar-refractivity contribution is 5.76. The third-order valence-corrected chi connectivity index (χ3v) is 14.5. The zero-order chi connectivity index (χ0) is 51.3. The Balaban J connectivity index is 3.44. The van der Waals surface area contributed by atoms with Gasteiger partial charge >= 0.3 is 0 Å². The molecule has 2 unspecified atom stereocenters. The van der Waals surface area contributed by atoms with Gasteiger partial charge in [-0.05, 0) is 64.2 Å². The Morgan fingerprint density at radius 3 is 0.930 bits per heavy atom. The summed E-state index contributed by atoms with van der Waals surface area (Å²) in [7, 11) is 0. The zero-order valence-electron chi connectivity index (χ0n) is 47.7. The molecule has 0 aromatic heterocycles. The molecule has 71 heavy (non-hydrogen) atoms. The summed E-state index contributed by atoms with van der Waals surface area (Å²) in [5, 5.41) is 23.4. The summed E-state index contributed by atoms with van der Waals surface area (Å²) in [6.45, 7) is 4.27. The minimum atomic E-state index is -0.662. The first-order valence-electron chi connectivity index (χ1n) is 31.6. The Morgan fingerprint density at radius 1 is 0.352 bits per heavy atom. The summed E-state index contributed by atoms with van der Waals surface area (Å²) in [5.74, 6) is -0.0272. The standard InChI is InChI=1S/C67H123NO3/c1-3-5-7-9-11-13-15-17-19-21-23-25-27-28-29-30-31-32-33-34-35-36-37-38-39-40-41-43-45-47-49-51-53-55-57-59-61-63-67(71)68-65(64-69)66(70)62-60-58-56-54-52-50-48-46-44-42-26-24-22-20-18-16-14-12-10-8-6-4-2/h5,7,11,13,17,19,23,25,28-29,31-32,65-66,69-70H,3-4,6,8-10,12,14-16,18,20-22,24,26-27,30,33-64H2,1-2H3,(H,68,71)/b7-5-,13-11-,19-17-,25-23-,29-28-,32-31-. The van der Waals surface area contributed by atoms with Crippen molar-refractivity contribution in [3.8, 4) is 0 Å². The van der Waals surface area contributed by atoms with E-state index in [4.69, 9.17) is 0 Å². The molecule has 414 valence electrons. The molecule has 3 N–H and O–H groups in total. The minimum absolute atomic E-state index is 0.0272. The van der Waals surface area contributed by atoms with E-state index < -0.39 is 12.1 Å². The van der Waals surface area contributed by atoms with Crippen LogP contribution in [0.3, 0.4) is 0 Å². The second kappa shape index (κ2) is 62.1. The smallest absolute Gasteiger partial charge is 0.220 e. The number of hydrogen-bond donors (Lipinski definition) is 3. The van der Waals surface area contributed by atoms with E-state index in [0.717, 1.165) is 64.2 Å². The van der Waals surface area contributed by atoms with Crippen LogP contribution in [0.1, 0.15) is 328 Å². The summed E-state index contributed by atoms with van der Waals surface area (Å²) in [5.41, 5.74) is 0. The van der Waals surface area contributed by atoms with Crippen LogP contribution in [-0.2, 0) is 4.79 Å². The lowest BCUT2D eigenvalue weighted by Crippen LogP contribution is -2.45. The van der Waals surface area contributed by atoms with Gasteiger partial charge in [0, 0.05) is 6.42 Å². The highest BCUT2D eigenvalue weighted by atomic mass is 16.3. The van der Waals surface area contributed by atoms with Crippen molar-refractivity contribution in [3.05, 3.63) is 72.9 Å². The molecule has 1 amide bonds. The fourth-order valence-electron chi connectivity index (χ4n) is 9.72. The van der Waals surface area contributed by atoms with Gasteiger partial charge in [0.05, 0.1) is 18.8 Å². The molecule has 0 saturated carbocycles. The molecule has 0 bridgehead atoms. The number of allylic oxidation sites excluding steroid dienone is 12. The van der Waals surface area contributed by atoms with Crippen LogP contribution in [0.15, 0.2) is 72.9 Å². The van der Waals surface area contributed by atoms with Gasteiger partial charge in [0.15, 0.2) is 0 Å². The molecule has 0 fully saturated rings. The molecule has 4 heteroatoms. The number of unbranched alkanes of at least 4 members (excludes halogenated alkanes) is 39. The third-order valence-electron chi connectivity index (χ3n) is 14.5. The van der Waals surface area contributed by atoms with Crippen molar-refractivity contribution in [2.24, 2.45) is 0 Å². The molecule has 0 radical (unpaired) electrons. The number of nitrogens with one attached hydrogen (secondary N) is 1. The number of aliphatic hydroxyl groups excluding tert-OH is 2. The van der Waals surface area contributed by atoms with Gasteiger partial charge in [0.25, 0.3) is 0 Å². The maximum Gasteiger partial charge on any atom is 0.220 e. The largest absolute Gasteiger partial charge is 0.394 e. The van der Waals surface area contributed by atoms with Gasteiger partial charge in [-0.25, -0.2) is 0 Å². The normalized spacial score (nSPS) is 13.2. The molecule has 0 aromatic carbocycles. The van der Waals surface area contributed by atoms with Gasteiger partial charge in [0.2, 0.25) is 5.91 Å². The van der Waals surface area contributed by atoms with Gasteiger partial charge in [0.1, 0.15) is 0 Å². The maximum absolute atomic E-state index is 12.5. The Labute approximate surface area is 444 Å². The summed E-state index contributed by atoms with van der Waals surface area (Å²) in [6.07, 6.45) is 89.2. The number of carbonyl (C=O) groups is 1. The molecular formula is C67H123NO3. The van der Waals surface area contributed by atoms with Crippen LogP contribution in [0.25, 0.3) is 0 Å². The SMILES string of the molecule is CC/C=C\C/C=C\C/C=C\C/C=C\C/C=C\C/C=C\CCCCCCCCCCCCCCCCCCCCC(=O)NC(CO)C(O)CCCCCCCCCCCCCCCCCCCCCCCC. The van der Waals surface area contributed by atoms with E-state index >= 15 is 0 Å². The van der Waals surface area contributed by atoms with Crippen molar-refractivity contribution in [1.82, 2.24) is 5.32 Å². The van der Waals surface area contributed by atoms with E-state index in [2.05, 4.69) is 92.1 Å². The predicted octanol–water partition coefficient (Wildman–Crippen LogP) is 21.3. The molecule has 0 aliphatic heterocycles. The van der Waals surface area contributed by atoms with E-state index in [9.17, 15) is 15.0 Å². The Hall–Kier alpha value is -2.17. The van der Waals surface area contributed by atoms with Crippen LogP contribution < -0.4 is 5.32 Å². The average molecular weight is 991 g/mol. The lowest BCUT2D eigenvalue weighted by atomic mass is 10.0. The second-order valence-corrected chi connectivity index (χ2v) is 21.5. The molecular weight excluding hydrogens is 867 g/mol. The van der Waals surface area contributed by atoms with Gasteiger partial charge in [-0.1, -0.05) is 331 Å². The Bertz CT molecular complexity index is 1210. The molecule has 0 aromatic rings. The number of amides is 1. The lowest BCUT2D eigenvalue weighted by Gasteiger charge is -2.22. The third kappa shape index (κ3) is 58.6. The van der Waals surface area contributed by atoms with Crippen molar-refractivity contribution in [3.63, 3.8) is 0 Å². The molecule has 0 aliphatic carbocycles. The zero-order valence-corrected chi connectivity index (χ0v) is 47.7. The van der Waals surface area contributed by atoms with Gasteiger partial charge in [-0.15, -0.1) is 0 Å². The van der Waals surface area contributed by atoms with Crippen LogP contribution in [0.5, 0.6) is 0 Å². The number of carbonyl (C=O) groups excluding carboxylic acids is 1. The fourth-order valence-corrected chi connectivity index (χ4v) is 9.72. The minimum Gasteiger partial charge on any atom is -0.394 e. The van der Waals surface area contributed by atoms with E-state index in [0.29, 0.717) is 12.8 Å². The highest BCUT2D eigenvalue weighted by Gasteiger charge is 2.20. The van der Waals surface area contributed by atoms with Gasteiger partial charge in [-0.3, -0.25) is 4.79 Å². The lowest BCUT2D eigenvalue weighted by molar-refractivity contribution is -0.123. The first-order chi connectivity index (χ1) is 35.2. The Morgan fingerprint density at radius 2 is 0.620 bits per heavy atom. The van der Waals surface area contributed by atoms with Crippen LogP contribution in [-0.4, -0.2) is 34.9 Å². The summed E-state index contributed by atoms with van der Waals surface area (Å²) in [4.78, 5) is 12.5. The molecule has 4 nitrogen and oxygen atoms in total. The first kappa shape index (κ1) is 68.8. The first-order valence-corrected chi connectivity index (χ1v) is 31.6. The quantitative estimate of drug-likeness (QED) is 0.0420. The van der Waals surface area contributed by atoms with E-state index in [1.807, 2.05) is 0 Å². The molecule has 2 atom stereocenters. The van der Waals surface area contributed by atoms with Crippen LogP contribution in [0.4, 0.5) is 0 Å². The molecule has 0 saturated heterocycles. The van der Waals surface area contributed by atoms with Crippen molar-refractivity contribution in [2.75, 3.05) is 6.61 Å². The van der Waals surface area contributed by atoms with Crippen LogP contribution >= 0.6 is 0 Å². The number of hydrogen-bond acceptors (Lipinski definition) is 3. The fraction of sp³-hybridized carbons (Fsp3) is 0.806. The van der Waals surface area contributed by atoms with Crippen molar-refractivity contribution < 1.29 is 15.0 Å². The summed E-state index contributed by atoms with van der Waals surface area (Å²) < 4.78 is 0. The summed E-state index contributed by atoms with van der Waals surface area (Å²) in [6, 6.07) is -0.539. The van der Waals surface area contributed by atoms with Gasteiger partial charge < -0.3 is 15.5 Å². The maximum atomic E-state index is 12.5. The topological polar surface area (TPSA) is 69.6 Å². The molecule has 0 heterocycles.